The van der Waals surface area contributed by atoms with E-state index in [-0.39, 0.29) is 6.61 Å². The number of hydrogen-bond acceptors (Lipinski definition) is 4. The minimum absolute atomic E-state index is 0.116. The second kappa shape index (κ2) is 10.1. The van der Waals surface area contributed by atoms with Crippen molar-refractivity contribution in [1.82, 2.24) is 20.4 Å². The maximum Gasteiger partial charge on any atom is 0.338 e. The van der Waals surface area contributed by atoms with Crippen LogP contribution in [0.15, 0.2) is 102 Å². The zero-order valence-electron chi connectivity index (χ0n) is 19.4. The van der Waals surface area contributed by atoms with Crippen LogP contribution in [0.2, 0.25) is 5.02 Å². The Balaban J connectivity index is 1.57. The first kappa shape index (κ1) is 23.4. The highest BCUT2D eigenvalue weighted by atomic mass is 35.5. The molecule has 0 spiro atoms. The van der Waals surface area contributed by atoms with Gasteiger partial charge in [-0.3, -0.25) is 0 Å². The number of urea groups is 1. The molecule has 180 valence electrons. The van der Waals surface area contributed by atoms with Gasteiger partial charge in [-0.05, 0) is 36.8 Å². The summed E-state index contributed by atoms with van der Waals surface area (Å²) in [4.78, 5) is 25.8. The van der Waals surface area contributed by atoms with Crippen LogP contribution in [0.25, 0.3) is 16.9 Å². The van der Waals surface area contributed by atoms with E-state index in [0.29, 0.717) is 27.6 Å². The number of nitrogens with zero attached hydrogens (tertiary/aromatic N) is 2. The molecule has 0 fully saturated rings. The fourth-order valence-corrected chi connectivity index (χ4v) is 4.27. The maximum atomic E-state index is 13.3. The van der Waals surface area contributed by atoms with Crippen molar-refractivity contribution in [1.29, 1.82) is 0 Å². The summed E-state index contributed by atoms with van der Waals surface area (Å²) in [6.07, 6.45) is 1.83. The Hall–Kier alpha value is -4.36. The Morgan fingerprint density at radius 3 is 2.36 bits per heavy atom. The van der Waals surface area contributed by atoms with E-state index in [1.807, 2.05) is 79.0 Å². The third-order valence-corrected chi connectivity index (χ3v) is 6.15. The van der Waals surface area contributed by atoms with E-state index in [9.17, 15) is 9.59 Å². The molecule has 0 saturated heterocycles. The summed E-state index contributed by atoms with van der Waals surface area (Å²) in [6.45, 7) is 1.80. The summed E-state index contributed by atoms with van der Waals surface area (Å²) in [7, 11) is 0. The zero-order chi connectivity index (χ0) is 25.1. The summed E-state index contributed by atoms with van der Waals surface area (Å²) in [6, 6.07) is 25.1. The monoisotopic (exact) mass is 498 g/mol. The van der Waals surface area contributed by atoms with E-state index in [1.165, 1.54) is 0 Å². The van der Waals surface area contributed by atoms with Gasteiger partial charge in [0, 0.05) is 28.0 Å². The normalized spacial score (nSPS) is 15.3. The molecule has 7 nitrogen and oxygen atoms in total. The number of halogens is 1. The van der Waals surface area contributed by atoms with Crippen LogP contribution in [0, 0.1) is 0 Å². The number of carbonyl (C=O) groups is 2. The predicted molar refractivity (Wildman–Crippen MR) is 137 cm³/mol. The number of carbonyl (C=O) groups excluding carboxylic acids is 2. The molecule has 4 aromatic rings. The number of ether oxygens (including phenoxy) is 1. The van der Waals surface area contributed by atoms with Crippen molar-refractivity contribution in [2.24, 2.45) is 0 Å². The number of hydrogen-bond donors (Lipinski definition) is 2. The van der Waals surface area contributed by atoms with Gasteiger partial charge in [0.25, 0.3) is 0 Å². The molecular weight excluding hydrogens is 476 g/mol. The van der Waals surface area contributed by atoms with Gasteiger partial charge in [0.15, 0.2) is 0 Å². The first-order valence-electron chi connectivity index (χ1n) is 11.4. The first-order chi connectivity index (χ1) is 17.5. The fourth-order valence-electron chi connectivity index (χ4n) is 4.14. The standard InChI is InChI=1S/C28H23ClN4O3/c1-18-24(27(34)36-17-19-8-4-2-5-9-19)26(31-28(35)30-18)23-16-33(22-10-6-3-7-11-22)32-25(23)20-12-14-21(29)15-13-20/h2-16,26H,17H2,1H3,(H2,30,31,35). The Morgan fingerprint density at radius 2 is 1.67 bits per heavy atom. The van der Waals surface area contributed by atoms with Crippen molar-refractivity contribution in [2.45, 2.75) is 19.6 Å². The number of esters is 1. The number of para-hydroxylation sites is 1. The third-order valence-electron chi connectivity index (χ3n) is 5.89. The number of rotatable bonds is 6. The van der Waals surface area contributed by atoms with Gasteiger partial charge in [0.05, 0.1) is 23.0 Å². The summed E-state index contributed by atoms with van der Waals surface area (Å²) < 4.78 is 7.38. The van der Waals surface area contributed by atoms with Gasteiger partial charge in [0.2, 0.25) is 0 Å². The van der Waals surface area contributed by atoms with Crippen molar-refractivity contribution in [3.05, 3.63) is 119 Å². The van der Waals surface area contributed by atoms with E-state index in [0.717, 1.165) is 16.8 Å². The smallest absolute Gasteiger partial charge is 0.338 e. The van der Waals surface area contributed by atoms with E-state index in [2.05, 4.69) is 10.6 Å². The largest absolute Gasteiger partial charge is 0.457 e. The molecule has 3 aromatic carbocycles. The molecule has 2 amide bonds. The van der Waals surface area contributed by atoms with Crippen LogP contribution in [-0.4, -0.2) is 21.8 Å². The number of aromatic nitrogens is 2. The third kappa shape index (κ3) is 4.87. The minimum Gasteiger partial charge on any atom is -0.457 e. The average Bonchev–Trinajstić information content (AvgIpc) is 3.34. The molecule has 1 aliphatic rings. The second-order valence-electron chi connectivity index (χ2n) is 8.35. The molecule has 0 bridgehead atoms. The first-order valence-corrected chi connectivity index (χ1v) is 11.8. The van der Waals surface area contributed by atoms with Gasteiger partial charge in [-0.25, -0.2) is 14.3 Å². The Bertz CT molecular complexity index is 1430. The van der Waals surface area contributed by atoms with Crippen molar-refractivity contribution in [2.75, 3.05) is 0 Å². The lowest BCUT2D eigenvalue weighted by Crippen LogP contribution is -2.45. The molecular formula is C28H23ClN4O3. The number of benzene rings is 3. The van der Waals surface area contributed by atoms with Crippen LogP contribution in [0.1, 0.15) is 24.1 Å². The summed E-state index contributed by atoms with van der Waals surface area (Å²) in [5.74, 6) is -0.525. The van der Waals surface area contributed by atoms with Crippen LogP contribution in [0.5, 0.6) is 0 Å². The fraction of sp³-hybridized carbons (Fsp3) is 0.107. The lowest BCUT2D eigenvalue weighted by atomic mass is 9.94. The molecule has 0 radical (unpaired) electrons. The molecule has 1 aromatic heterocycles. The van der Waals surface area contributed by atoms with Crippen molar-refractivity contribution in [3.63, 3.8) is 0 Å². The van der Waals surface area contributed by atoms with Crippen LogP contribution in [0.4, 0.5) is 4.79 Å². The Morgan fingerprint density at radius 1 is 1.00 bits per heavy atom. The van der Waals surface area contributed by atoms with Crippen molar-refractivity contribution < 1.29 is 14.3 Å². The van der Waals surface area contributed by atoms with E-state index in [4.69, 9.17) is 21.4 Å². The van der Waals surface area contributed by atoms with Crippen LogP contribution >= 0.6 is 11.6 Å². The molecule has 1 unspecified atom stereocenters. The lowest BCUT2D eigenvalue weighted by molar-refractivity contribution is -0.140. The molecule has 5 rings (SSSR count). The summed E-state index contributed by atoms with van der Waals surface area (Å²) in [5, 5.41) is 11.0. The molecule has 2 heterocycles. The maximum absolute atomic E-state index is 13.3. The zero-order valence-corrected chi connectivity index (χ0v) is 20.2. The van der Waals surface area contributed by atoms with Gasteiger partial charge in [0.1, 0.15) is 6.61 Å². The molecule has 0 saturated carbocycles. The molecule has 1 aliphatic heterocycles. The van der Waals surface area contributed by atoms with E-state index < -0.39 is 18.0 Å². The molecule has 0 aliphatic carbocycles. The summed E-state index contributed by atoms with van der Waals surface area (Å²) >= 11 is 6.12. The van der Waals surface area contributed by atoms with Crippen LogP contribution < -0.4 is 10.6 Å². The molecule has 1 atom stereocenters. The molecule has 2 N–H and O–H groups in total. The molecule has 36 heavy (non-hydrogen) atoms. The number of amides is 2. The Labute approximate surface area is 213 Å². The van der Waals surface area contributed by atoms with Gasteiger partial charge in [-0.1, -0.05) is 72.3 Å². The van der Waals surface area contributed by atoms with Gasteiger partial charge >= 0.3 is 12.0 Å². The highest BCUT2D eigenvalue weighted by molar-refractivity contribution is 6.30. The van der Waals surface area contributed by atoms with E-state index >= 15 is 0 Å². The SMILES string of the molecule is CC1=C(C(=O)OCc2ccccc2)C(c2cn(-c3ccccc3)nc2-c2ccc(Cl)cc2)NC(=O)N1. The Kier molecular flexibility index (Phi) is 6.56. The predicted octanol–water partition coefficient (Wildman–Crippen LogP) is 5.56. The lowest BCUT2D eigenvalue weighted by Gasteiger charge is -2.28. The average molecular weight is 499 g/mol. The minimum atomic E-state index is -0.773. The topological polar surface area (TPSA) is 85.2 Å². The van der Waals surface area contributed by atoms with Crippen molar-refractivity contribution >= 4 is 23.6 Å². The number of nitrogens with one attached hydrogen (secondary N) is 2. The number of allylic oxidation sites excluding steroid dienone is 1. The highest BCUT2D eigenvalue weighted by Crippen LogP contribution is 2.35. The highest BCUT2D eigenvalue weighted by Gasteiger charge is 2.35. The van der Waals surface area contributed by atoms with E-state index in [1.54, 1.807) is 23.7 Å². The quantitative estimate of drug-likeness (QED) is 0.341. The van der Waals surface area contributed by atoms with Crippen LogP contribution in [0.3, 0.4) is 0 Å². The summed E-state index contributed by atoms with van der Waals surface area (Å²) in [5.41, 5.74) is 4.52. The second-order valence-corrected chi connectivity index (χ2v) is 8.79. The van der Waals surface area contributed by atoms with Crippen LogP contribution in [-0.2, 0) is 16.1 Å². The van der Waals surface area contributed by atoms with Gasteiger partial charge in [-0.2, -0.15) is 5.10 Å². The molecule has 8 heteroatoms. The van der Waals surface area contributed by atoms with Gasteiger partial charge in [-0.15, -0.1) is 0 Å². The van der Waals surface area contributed by atoms with Gasteiger partial charge < -0.3 is 15.4 Å². The van der Waals surface area contributed by atoms with Crippen molar-refractivity contribution in [3.8, 4) is 16.9 Å².